The van der Waals surface area contributed by atoms with Crippen molar-refractivity contribution in [2.45, 2.75) is 39.2 Å². The van der Waals surface area contributed by atoms with E-state index < -0.39 is 0 Å². The molecule has 1 aliphatic heterocycles. The molecule has 8 heteroatoms. The van der Waals surface area contributed by atoms with Gasteiger partial charge < -0.3 is 18.9 Å². The van der Waals surface area contributed by atoms with Gasteiger partial charge in [-0.05, 0) is 44.9 Å². The SMILES string of the molecule is CC#CCCOC(=O)N1CCC(n2ccc3c(Oc4cccnc4C)ncnc32)CC1. The van der Waals surface area contributed by atoms with E-state index in [1.807, 2.05) is 31.3 Å². The Hall–Kier alpha value is -3.60. The molecule has 0 N–H and O–H groups in total. The first kappa shape index (κ1) is 20.7. The molecule has 4 rings (SSSR count). The number of fused-ring (bicyclic) bond motifs is 1. The predicted molar refractivity (Wildman–Crippen MR) is 116 cm³/mol. The van der Waals surface area contributed by atoms with Gasteiger partial charge in [0, 0.05) is 37.9 Å². The lowest BCUT2D eigenvalue weighted by molar-refractivity contribution is 0.0906. The van der Waals surface area contributed by atoms with Gasteiger partial charge in [-0.25, -0.2) is 14.8 Å². The van der Waals surface area contributed by atoms with Gasteiger partial charge >= 0.3 is 6.09 Å². The molecule has 0 radical (unpaired) electrons. The second-order valence-corrected chi connectivity index (χ2v) is 7.34. The van der Waals surface area contributed by atoms with E-state index in [9.17, 15) is 4.79 Å². The topological polar surface area (TPSA) is 82.4 Å². The van der Waals surface area contributed by atoms with Gasteiger partial charge in [-0.2, -0.15) is 0 Å². The molecule has 3 aromatic heterocycles. The fourth-order valence-corrected chi connectivity index (χ4v) is 3.74. The summed E-state index contributed by atoms with van der Waals surface area (Å²) < 4.78 is 13.5. The fourth-order valence-electron chi connectivity index (χ4n) is 3.74. The molecular weight excluding hydrogens is 394 g/mol. The summed E-state index contributed by atoms with van der Waals surface area (Å²) in [5, 5.41) is 0.852. The van der Waals surface area contributed by atoms with Gasteiger partial charge in [-0.15, -0.1) is 11.8 Å². The first-order valence-corrected chi connectivity index (χ1v) is 10.4. The van der Waals surface area contributed by atoms with E-state index in [2.05, 4.69) is 31.4 Å². The van der Waals surface area contributed by atoms with Crippen LogP contribution >= 0.6 is 0 Å². The summed E-state index contributed by atoms with van der Waals surface area (Å²) in [6.45, 7) is 5.29. The maximum absolute atomic E-state index is 12.2. The number of aryl methyl sites for hydroxylation is 1. The van der Waals surface area contributed by atoms with E-state index in [-0.39, 0.29) is 12.1 Å². The number of piperidine rings is 1. The highest BCUT2D eigenvalue weighted by Crippen LogP contribution is 2.32. The third-order valence-corrected chi connectivity index (χ3v) is 5.38. The molecule has 1 amide bonds. The molecule has 0 spiro atoms. The highest BCUT2D eigenvalue weighted by Gasteiger charge is 2.26. The standard InChI is InChI=1S/C23H25N5O3/c1-3-4-5-15-30-23(29)27-12-8-18(9-13-27)28-14-10-19-21(28)25-16-26-22(19)31-20-7-6-11-24-17(20)2/h6-7,10-11,14,16,18H,5,8-9,12-13,15H2,1-2H3. The van der Waals surface area contributed by atoms with Gasteiger partial charge in [0.15, 0.2) is 5.75 Å². The smallest absolute Gasteiger partial charge is 0.409 e. The van der Waals surface area contributed by atoms with E-state index in [1.165, 1.54) is 6.33 Å². The van der Waals surface area contributed by atoms with Gasteiger partial charge in [0.25, 0.3) is 0 Å². The Morgan fingerprint density at radius 3 is 2.84 bits per heavy atom. The fraction of sp³-hybridized carbons (Fsp3) is 0.391. The monoisotopic (exact) mass is 419 g/mol. The number of nitrogens with zero attached hydrogens (tertiary/aromatic N) is 5. The van der Waals surface area contributed by atoms with Crippen molar-refractivity contribution in [1.29, 1.82) is 0 Å². The Balaban J connectivity index is 1.43. The van der Waals surface area contributed by atoms with Crippen LogP contribution in [0.25, 0.3) is 11.0 Å². The normalized spacial score (nSPS) is 14.2. The lowest BCUT2D eigenvalue weighted by Crippen LogP contribution is -2.39. The third-order valence-electron chi connectivity index (χ3n) is 5.38. The lowest BCUT2D eigenvalue weighted by Gasteiger charge is -2.32. The number of hydrogen-bond acceptors (Lipinski definition) is 6. The quantitative estimate of drug-likeness (QED) is 0.457. The molecule has 4 heterocycles. The zero-order chi connectivity index (χ0) is 21.6. The van der Waals surface area contributed by atoms with Gasteiger partial charge in [0.05, 0.1) is 11.1 Å². The highest BCUT2D eigenvalue weighted by atomic mass is 16.6. The summed E-state index contributed by atoms with van der Waals surface area (Å²) >= 11 is 0. The van der Waals surface area contributed by atoms with Gasteiger partial charge in [-0.3, -0.25) is 4.98 Å². The lowest BCUT2D eigenvalue weighted by atomic mass is 10.1. The summed E-state index contributed by atoms with van der Waals surface area (Å²) in [7, 11) is 0. The van der Waals surface area contributed by atoms with E-state index in [4.69, 9.17) is 9.47 Å². The maximum atomic E-state index is 12.2. The Morgan fingerprint density at radius 1 is 1.23 bits per heavy atom. The summed E-state index contributed by atoms with van der Waals surface area (Å²) in [6.07, 6.45) is 7.23. The van der Waals surface area contributed by atoms with Crippen LogP contribution in [0.2, 0.25) is 0 Å². The summed E-state index contributed by atoms with van der Waals surface area (Å²) in [5.41, 5.74) is 1.63. The molecular formula is C23H25N5O3. The zero-order valence-electron chi connectivity index (χ0n) is 17.7. The average molecular weight is 419 g/mol. The molecule has 31 heavy (non-hydrogen) atoms. The Bertz CT molecular complexity index is 1120. The van der Waals surface area contributed by atoms with Crippen molar-refractivity contribution in [3.05, 3.63) is 42.6 Å². The average Bonchev–Trinajstić information content (AvgIpc) is 3.23. The van der Waals surface area contributed by atoms with Crippen LogP contribution in [-0.2, 0) is 4.74 Å². The van der Waals surface area contributed by atoms with Gasteiger partial charge in [-0.1, -0.05) is 0 Å². The van der Waals surface area contributed by atoms with Crippen molar-refractivity contribution in [2.24, 2.45) is 0 Å². The Labute approximate surface area is 181 Å². The van der Waals surface area contributed by atoms with Crippen LogP contribution in [-0.4, -0.2) is 50.2 Å². The minimum Gasteiger partial charge on any atom is -0.448 e. The molecule has 1 saturated heterocycles. The van der Waals surface area contributed by atoms with Crippen LogP contribution in [0, 0.1) is 18.8 Å². The minimum atomic E-state index is -0.265. The van der Waals surface area contributed by atoms with E-state index in [0.717, 1.165) is 29.6 Å². The number of rotatable bonds is 5. The molecule has 0 unspecified atom stereocenters. The summed E-state index contributed by atoms with van der Waals surface area (Å²) in [5.74, 6) is 6.88. The molecule has 0 aromatic carbocycles. The van der Waals surface area contributed by atoms with Crippen LogP contribution in [0.4, 0.5) is 4.79 Å². The Kier molecular flexibility index (Phi) is 6.32. The molecule has 8 nitrogen and oxygen atoms in total. The van der Waals surface area contributed by atoms with Crippen molar-refractivity contribution >= 4 is 17.1 Å². The van der Waals surface area contributed by atoms with E-state index >= 15 is 0 Å². The van der Waals surface area contributed by atoms with Crippen molar-refractivity contribution in [1.82, 2.24) is 24.4 Å². The molecule has 0 aliphatic carbocycles. The molecule has 1 fully saturated rings. The number of hydrogen-bond donors (Lipinski definition) is 0. The number of carbonyl (C=O) groups excluding carboxylic acids is 1. The second kappa shape index (κ2) is 9.47. The minimum absolute atomic E-state index is 0.246. The van der Waals surface area contributed by atoms with Crippen molar-refractivity contribution in [3.63, 3.8) is 0 Å². The number of ether oxygens (including phenoxy) is 2. The first-order valence-electron chi connectivity index (χ1n) is 10.4. The third kappa shape index (κ3) is 4.61. The van der Waals surface area contributed by atoms with Gasteiger partial charge in [0.1, 0.15) is 18.6 Å². The van der Waals surface area contributed by atoms with Crippen LogP contribution in [0.15, 0.2) is 36.9 Å². The molecule has 0 atom stereocenters. The second-order valence-electron chi connectivity index (χ2n) is 7.34. The van der Waals surface area contributed by atoms with Crippen LogP contribution in [0.3, 0.4) is 0 Å². The number of aromatic nitrogens is 4. The van der Waals surface area contributed by atoms with E-state index in [1.54, 1.807) is 18.0 Å². The molecule has 0 saturated carbocycles. The van der Waals surface area contributed by atoms with Crippen LogP contribution in [0.5, 0.6) is 11.6 Å². The van der Waals surface area contributed by atoms with E-state index in [0.29, 0.717) is 37.7 Å². The maximum Gasteiger partial charge on any atom is 0.409 e. The number of likely N-dealkylation sites (tertiary alicyclic amines) is 1. The van der Waals surface area contributed by atoms with Gasteiger partial charge in [0.2, 0.25) is 5.88 Å². The summed E-state index contributed by atoms with van der Waals surface area (Å²) in [4.78, 5) is 27.1. The molecule has 1 aliphatic rings. The van der Waals surface area contributed by atoms with Crippen LogP contribution < -0.4 is 4.74 Å². The molecule has 160 valence electrons. The predicted octanol–water partition coefficient (Wildman–Crippen LogP) is 4.11. The Morgan fingerprint density at radius 2 is 2.06 bits per heavy atom. The number of carbonyl (C=O) groups is 1. The largest absolute Gasteiger partial charge is 0.448 e. The van der Waals surface area contributed by atoms with Crippen molar-refractivity contribution in [2.75, 3.05) is 19.7 Å². The number of pyridine rings is 1. The van der Waals surface area contributed by atoms with Crippen molar-refractivity contribution in [3.8, 4) is 23.5 Å². The number of amides is 1. The molecule has 3 aromatic rings. The highest BCUT2D eigenvalue weighted by molar-refractivity contribution is 5.81. The summed E-state index contributed by atoms with van der Waals surface area (Å²) in [6, 6.07) is 5.93. The van der Waals surface area contributed by atoms with Crippen LogP contribution in [0.1, 0.15) is 37.9 Å². The first-order chi connectivity index (χ1) is 15.2. The van der Waals surface area contributed by atoms with Crippen molar-refractivity contribution < 1.29 is 14.3 Å². The zero-order valence-corrected chi connectivity index (χ0v) is 17.7. The molecule has 0 bridgehead atoms.